The van der Waals surface area contributed by atoms with Crippen LogP contribution in [0.4, 0.5) is 0 Å². The van der Waals surface area contributed by atoms with Crippen LogP contribution < -0.4 is 10.6 Å². The number of nitrogens with one attached hydrogen (secondary N) is 2. The minimum atomic E-state index is -0.584. The van der Waals surface area contributed by atoms with Gasteiger partial charge in [0.1, 0.15) is 0 Å². The lowest BCUT2D eigenvalue weighted by Gasteiger charge is -2.18. The molecule has 0 atom stereocenters. The Kier molecular flexibility index (Phi) is 6.74. The number of aromatic amines is 2. The fourth-order valence-corrected chi connectivity index (χ4v) is 10.8. The normalized spacial score (nSPS) is 11.8. The van der Waals surface area contributed by atoms with Crippen molar-refractivity contribution in [2.24, 2.45) is 0 Å². The van der Waals surface area contributed by atoms with Crippen LogP contribution in [-0.4, -0.2) is 9.97 Å². The summed E-state index contributed by atoms with van der Waals surface area (Å²) in [5.74, 6) is 0. The molecule has 0 aliphatic rings. The predicted molar refractivity (Wildman–Crippen MR) is 201 cm³/mol. The fourth-order valence-electron chi connectivity index (χ4n) is 6.55. The Morgan fingerprint density at radius 3 is 1.63 bits per heavy atom. The first-order valence-corrected chi connectivity index (χ1v) is 18.3. The summed E-state index contributed by atoms with van der Waals surface area (Å²) < 4.78 is 0. The molecular weight excluding hydrogens is 596 g/mol. The highest BCUT2D eigenvalue weighted by atomic mass is 32.7. The molecule has 46 heavy (non-hydrogen) atoms. The van der Waals surface area contributed by atoms with Crippen LogP contribution in [0.25, 0.3) is 65.9 Å². The molecule has 9 aromatic rings. The number of benzene rings is 7. The van der Waals surface area contributed by atoms with E-state index in [9.17, 15) is 0 Å². The van der Waals surface area contributed by atoms with Gasteiger partial charge in [0.05, 0.1) is 5.52 Å². The monoisotopic (exact) mass is 624 g/mol. The molecular formula is C42H29N2PS. The highest BCUT2D eigenvalue weighted by Gasteiger charge is 2.17. The summed E-state index contributed by atoms with van der Waals surface area (Å²) in [5, 5.41) is 7.75. The third-order valence-corrected chi connectivity index (χ3v) is 13.4. The van der Waals surface area contributed by atoms with E-state index in [2.05, 4.69) is 174 Å². The number of rotatable bonds is 6. The minimum absolute atomic E-state index is 0.584. The molecule has 0 aliphatic heterocycles. The minimum Gasteiger partial charge on any atom is -0.355 e. The van der Waals surface area contributed by atoms with Crippen molar-refractivity contribution < 1.29 is 0 Å². The Morgan fingerprint density at radius 1 is 0.391 bits per heavy atom. The molecule has 2 heterocycles. The van der Waals surface area contributed by atoms with Crippen LogP contribution >= 0.6 is 18.5 Å². The van der Waals surface area contributed by atoms with Gasteiger partial charge in [0.15, 0.2) is 0 Å². The van der Waals surface area contributed by atoms with Gasteiger partial charge in [-0.3, -0.25) is 0 Å². The van der Waals surface area contributed by atoms with Crippen molar-refractivity contribution in [2.75, 3.05) is 0 Å². The third kappa shape index (κ3) is 4.81. The first-order chi connectivity index (χ1) is 22.8. The second-order valence-corrected chi connectivity index (χ2v) is 15.5. The number of hydrogen-bond donors (Lipinski definition) is 2. The van der Waals surface area contributed by atoms with E-state index >= 15 is 0 Å². The lowest BCUT2D eigenvalue weighted by Crippen LogP contribution is -2.08. The van der Waals surface area contributed by atoms with Crippen molar-refractivity contribution in [3.05, 3.63) is 164 Å². The molecule has 2 N–H and O–H groups in total. The van der Waals surface area contributed by atoms with Gasteiger partial charge in [-0.2, -0.15) is 0 Å². The van der Waals surface area contributed by atoms with Crippen molar-refractivity contribution in [2.45, 2.75) is 4.90 Å². The SMILES string of the molecule is c1ccc(P(Sc2ccc(-c3cc(-c4ccc5[nH]c6ccccc6c5c4)cc4c3[nH]c3ccccc34)cc2)c2ccccc2)cc1. The summed E-state index contributed by atoms with van der Waals surface area (Å²) in [4.78, 5) is 8.61. The van der Waals surface area contributed by atoms with Gasteiger partial charge in [-0.25, -0.2) is 0 Å². The van der Waals surface area contributed by atoms with Gasteiger partial charge < -0.3 is 9.97 Å². The molecule has 9 rings (SSSR count). The molecule has 0 saturated heterocycles. The Hall–Kier alpha value is -5.08. The van der Waals surface area contributed by atoms with E-state index in [1.807, 2.05) is 11.4 Å². The van der Waals surface area contributed by atoms with Crippen LogP contribution in [0.2, 0.25) is 0 Å². The van der Waals surface area contributed by atoms with Gasteiger partial charge in [-0.1, -0.05) is 127 Å². The molecule has 2 nitrogen and oxygen atoms in total. The summed E-state index contributed by atoms with van der Waals surface area (Å²) in [5.41, 5.74) is 9.53. The molecule has 0 bridgehead atoms. The zero-order valence-electron chi connectivity index (χ0n) is 24.9. The topological polar surface area (TPSA) is 31.6 Å². The van der Waals surface area contributed by atoms with E-state index < -0.39 is 7.12 Å². The van der Waals surface area contributed by atoms with Crippen molar-refractivity contribution in [3.8, 4) is 22.3 Å². The number of para-hydroxylation sites is 2. The maximum Gasteiger partial charge on any atom is 0.0544 e. The fraction of sp³-hybridized carbons (Fsp3) is 0. The maximum atomic E-state index is 3.76. The summed E-state index contributed by atoms with van der Waals surface area (Å²) in [6.07, 6.45) is 0. The molecule has 4 heteroatoms. The molecule has 0 spiro atoms. The van der Waals surface area contributed by atoms with Crippen LogP contribution in [-0.2, 0) is 0 Å². The summed E-state index contributed by atoms with van der Waals surface area (Å²) in [7, 11) is -0.584. The summed E-state index contributed by atoms with van der Waals surface area (Å²) >= 11 is 1.96. The zero-order valence-corrected chi connectivity index (χ0v) is 26.7. The van der Waals surface area contributed by atoms with Crippen molar-refractivity contribution >= 4 is 72.7 Å². The molecule has 0 unspecified atom stereocenters. The maximum absolute atomic E-state index is 3.76. The predicted octanol–water partition coefficient (Wildman–Crippen LogP) is 11.4. The van der Waals surface area contributed by atoms with Gasteiger partial charge in [0.2, 0.25) is 0 Å². The van der Waals surface area contributed by atoms with Gasteiger partial charge in [0.25, 0.3) is 0 Å². The van der Waals surface area contributed by atoms with Gasteiger partial charge in [-0.05, 0) is 75.8 Å². The molecule has 218 valence electrons. The Morgan fingerprint density at radius 2 is 0.935 bits per heavy atom. The third-order valence-electron chi connectivity index (χ3n) is 8.80. The molecule has 2 aromatic heterocycles. The van der Waals surface area contributed by atoms with E-state index in [0.29, 0.717) is 0 Å². The zero-order chi connectivity index (χ0) is 30.5. The number of aromatic nitrogens is 2. The number of H-pyrrole nitrogens is 2. The highest BCUT2D eigenvalue weighted by molar-refractivity contribution is 8.60. The van der Waals surface area contributed by atoms with Crippen LogP contribution in [0.5, 0.6) is 0 Å². The lowest BCUT2D eigenvalue weighted by atomic mass is 9.95. The smallest absolute Gasteiger partial charge is 0.0544 e. The molecule has 0 amide bonds. The Labute approximate surface area is 272 Å². The van der Waals surface area contributed by atoms with Gasteiger partial charge in [0, 0.05) is 55.7 Å². The molecule has 0 radical (unpaired) electrons. The summed E-state index contributed by atoms with van der Waals surface area (Å²) in [6.45, 7) is 0. The van der Waals surface area contributed by atoms with E-state index in [1.165, 1.54) is 70.3 Å². The molecule has 7 aromatic carbocycles. The van der Waals surface area contributed by atoms with E-state index in [-0.39, 0.29) is 0 Å². The van der Waals surface area contributed by atoms with Crippen LogP contribution in [0.3, 0.4) is 0 Å². The highest BCUT2D eigenvalue weighted by Crippen LogP contribution is 2.52. The van der Waals surface area contributed by atoms with Crippen LogP contribution in [0, 0.1) is 0 Å². The molecule has 0 aliphatic carbocycles. The van der Waals surface area contributed by atoms with Gasteiger partial charge in [-0.15, -0.1) is 0 Å². The second-order valence-electron chi connectivity index (χ2n) is 11.6. The Bertz CT molecular complexity index is 2460. The first kappa shape index (κ1) is 27.2. The second kappa shape index (κ2) is 11.4. The molecule has 0 saturated carbocycles. The average molecular weight is 625 g/mol. The largest absolute Gasteiger partial charge is 0.355 e. The quantitative estimate of drug-likeness (QED) is 0.177. The number of fused-ring (bicyclic) bond motifs is 6. The Balaban J connectivity index is 1.15. The standard InChI is InChI=1S/C42H29N2PS/c1-3-11-31(12-4-1)45(32-13-5-2-6-14-32)46-33-22-19-28(20-23-33)36-26-30(27-38-35-16-8-10-18-40(35)44-42(36)38)29-21-24-41-37(25-29)34-15-7-9-17-39(34)43-41/h1-27,43-44H. The first-order valence-electron chi connectivity index (χ1n) is 15.5. The van der Waals surface area contributed by atoms with E-state index in [1.54, 1.807) is 0 Å². The van der Waals surface area contributed by atoms with Gasteiger partial charge >= 0.3 is 0 Å². The van der Waals surface area contributed by atoms with Crippen LogP contribution in [0.1, 0.15) is 0 Å². The summed E-state index contributed by atoms with van der Waals surface area (Å²) in [6, 6.07) is 59.6. The number of hydrogen-bond acceptors (Lipinski definition) is 1. The molecule has 0 fully saturated rings. The van der Waals surface area contributed by atoms with E-state index in [4.69, 9.17) is 0 Å². The van der Waals surface area contributed by atoms with Crippen molar-refractivity contribution in [1.29, 1.82) is 0 Å². The van der Waals surface area contributed by atoms with Crippen molar-refractivity contribution in [1.82, 2.24) is 9.97 Å². The lowest BCUT2D eigenvalue weighted by molar-refractivity contribution is 1.46. The van der Waals surface area contributed by atoms with Crippen molar-refractivity contribution in [3.63, 3.8) is 0 Å². The van der Waals surface area contributed by atoms with Crippen LogP contribution in [0.15, 0.2) is 169 Å². The van der Waals surface area contributed by atoms with E-state index in [0.717, 1.165) is 11.0 Å². The average Bonchev–Trinajstić information content (AvgIpc) is 3.69.